The number of likely N-dealkylation sites (tertiary alicyclic amines) is 1. The van der Waals surface area contributed by atoms with Gasteiger partial charge in [-0.25, -0.2) is 0 Å². The van der Waals surface area contributed by atoms with Crippen molar-refractivity contribution in [2.24, 2.45) is 5.92 Å². The third kappa shape index (κ3) is 1.25. The molecule has 2 atom stereocenters. The molecular formula is C8H13NO2. The smallest absolute Gasteiger partial charge is 0.317 e. The maximum Gasteiger partial charge on any atom is 0.317 e. The molecule has 0 radical (unpaired) electrons. The molecule has 0 amide bonds. The summed E-state index contributed by atoms with van der Waals surface area (Å²) in [6, 6.07) is 0.594. The summed E-state index contributed by atoms with van der Waals surface area (Å²) in [5.41, 5.74) is 0. The topological polar surface area (TPSA) is 40.5 Å². The zero-order valence-corrected chi connectivity index (χ0v) is 6.49. The van der Waals surface area contributed by atoms with Gasteiger partial charge in [-0.2, -0.15) is 0 Å². The van der Waals surface area contributed by atoms with Crippen LogP contribution in [-0.4, -0.2) is 35.1 Å². The number of hydrogen-bond donors (Lipinski definition) is 1. The van der Waals surface area contributed by atoms with Gasteiger partial charge in [-0.05, 0) is 25.2 Å². The average molecular weight is 155 g/mol. The lowest BCUT2D eigenvalue weighted by Gasteiger charge is -2.24. The monoisotopic (exact) mass is 155 g/mol. The Morgan fingerprint density at radius 2 is 2.36 bits per heavy atom. The van der Waals surface area contributed by atoms with E-state index < -0.39 is 5.97 Å². The van der Waals surface area contributed by atoms with E-state index in [0.29, 0.717) is 6.04 Å². The van der Waals surface area contributed by atoms with Crippen LogP contribution in [0.5, 0.6) is 0 Å². The van der Waals surface area contributed by atoms with Crippen molar-refractivity contribution < 1.29 is 9.90 Å². The average Bonchev–Trinajstić information content (AvgIpc) is 2.45. The first-order chi connectivity index (χ1) is 5.25. The van der Waals surface area contributed by atoms with Crippen molar-refractivity contribution in [1.82, 2.24) is 4.90 Å². The highest BCUT2D eigenvalue weighted by Gasteiger charge is 2.38. The Kier molecular flexibility index (Phi) is 1.60. The minimum absolute atomic E-state index is 0.251. The molecule has 1 N–H and O–H groups in total. The van der Waals surface area contributed by atoms with Crippen LogP contribution in [0.2, 0.25) is 0 Å². The quantitative estimate of drug-likeness (QED) is 0.633. The standard InChI is InChI=1S/C8H13NO2/c10-8(11)5-9-4-6-1-2-7(9)3-6/h6-7H,1-5H2,(H,10,11). The molecular weight excluding hydrogens is 142 g/mol. The molecule has 1 heterocycles. The predicted octanol–water partition coefficient (Wildman–Crippen LogP) is 0.555. The first-order valence-corrected chi connectivity index (χ1v) is 4.21. The molecule has 1 saturated heterocycles. The molecule has 11 heavy (non-hydrogen) atoms. The number of carbonyl (C=O) groups is 1. The van der Waals surface area contributed by atoms with Crippen molar-refractivity contribution in [3.05, 3.63) is 0 Å². The van der Waals surface area contributed by atoms with Crippen LogP contribution in [0.15, 0.2) is 0 Å². The summed E-state index contributed by atoms with van der Waals surface area (Å²) in [7, 11) is 0. The van der Waals surface area contributed by atoms with Gasteiger partial charge >= 0.3 is 5.97 Å². The highest BCUT2D eigenvalue weighted by Crippen LogP contribution is 2.36. The first kappa shape index (κ1) is 7.10. The van der Waals surface area contributed by atoms with Gasteiger partial charge in [0.25, 0.3) is 0 Å². The van der Waals surface area contributed by atoms with E-state index in [2.05, 4.69) is 4.90 Å². The van der Waals surface area contributed by atoms with E-state index in [0.717, 1.165) is 12.5 Å². The highest BCUT2D eigenvalue weighted by atomic mass is 16.4. The van der Waals surface area contributed by atoms with E-state index in [-0.39, 0.29) is 6.54 Å². The van der Waals surface area contributed by atoms with Crippen LogP contribution in [0, 0.1) is 5.92 Å². The van der Waals surface area contributed by atoms with Crippen molar-refractivity contribution in [2.75, 3.05) is 13.1 Å². The fourth-order valence-corrected chi connectivity index (χ4v) is 2.39. The SMILES string of the molecule is O=C(O)CN1CC2CCC1C2. The van der Waals surface area contributed by atoms with Crippen molar-refractivity contribution >= 4 is 5.97 Å². The summed E-state index contributed by atoms with van der Waals surface area (Å²) >= 11 is 0. The zero-order chi connectivity index (χ0) is 7.84. The van der Waals surface area contributed by atoms with Crippen LogP contribution in [-0.2, 0) is 4.79 Å². The number of fused-ring (bicyclic) bond motifs is 2. The second kappa shape index (κ2) is 2.48. The number of nitrogens with zero attached hydrogens (tertiary/aromatic N) is 1. The molecule has 1 saturated carbocycles. The molecule has 62 valence electrons. The van der Waals surface area contributed by atoms with Crippen LogP contribution < -0.4 is 0 Å². The Balaban J connectivity index is 1.92. The number of carboxylic acid groups (broad SMARTS) is 1. The van der Waals surface area contributed by atoms with Crippen molar-refractivity contribution in [2.45, 2.75) is 25.3 Å². The van der Waals surface area contributed by atoms with Crippen molar-refractivity contribution in [3.8, 4) is 0 Å². The third-order valence-corrected chi connectivity index (χ3v) is 2.86. The molecule has 0 spiro atoms. The van der Waals surface area contributed by atoms with Gasteiger partial charge < -0.3 is 5.11 Å². The van der Waals surface area contributed by atoms with Gasteiger partial charge in [-0.1, -0.05) is 0 Å². The van der Waals surface area contributed by atoms with E-state index in [9.17, 15) is 4.79 Å². The second-order valence-electron chi connectivity index (χ2n) is 3.66. The molecule has 2 fully saturated rings. The number of hydrogen-bond acceptors (Lipinski definition) is 2. The van der Waals surface area contributed by atoms with E-state index in [1.54, 1.807) is 0 Å². The molecule has 2 bridgehead atoms. The summed E-state index contributed by atoms with van der Waals surface area (Å²) in [6.07, 6.45) is 3.78. The first-order valence-electron chi connectivity index (χ1n) is 4.21. The summed E-state index contributed by atoms with van der Waals surface area (Å²) in [6.45, 7) is 1.28. The zero-order valence-electron chi connectivity index (χ0n) is 6.49. The van der Waals surface area contributed by atoms with Crippen molar-refractivity contribution in [3.63, 3.8) is 0 Å². The molecule has 3 nitrogen and oxygen atoms in total. The van der Waals surface area contributed by atoms with Gasteiger partial charge in [0.2, 0.25) is 0 Å². The van der Waals surface area contributed by atoms with Gasteiger partial charge in [0.1, 0.15) is 0 Å². The van der Waals surface area contributed by atoms with E-state index in [4.69, 9.17) is 5.11 Å². The number of carboxylic acids is 1. The summed E-state index contributed by atoms with van der Waals surface area (Å²) < 4.78 is 0. The molecule has 1 aliphatic heterocycles. The molecule has 2 unspecified atom stereocenters. The molecule has 3 heteroatoms. The Bertz CT molecular complexity index is 181. The number of aliphatic carboxylic acids is 1. The summed E-state index contributed by atoms with van der Waals surface area (Å²) in [5.74, 6) is 0.122. The largest absolute Gasteiger partial charge is 0.480 e. The maximum absolute atomic E-state index is 10.4. The lowest BCUT2D eigenvalue weighted by atomic mass is 10.1. The lowest BCUT2D eigenvalue weighted by Crippen LogP contribution is -2.36. The molecule has 2 aliphatic rings. The summed E-state index contributed by atoms with van der Waals surface area (Å²) in [5, 5.41) is 8.56. The van der Waals surface area contributed by atoms with Gasteiger partial charge in [0.15, 0.2) is 0 Å². The normalized spacial score (nSPS) is 36.4. The van der Waals surface area contributed by atoms with Crippen LogP contribution in [0.25, 0.3) is 0 Å². The van der Waals surface area contributed by atoms with E-state index >= 15 is 0 Å². The fourth-order valence-electron chi connectivity index (χ4n) is 2.39. The van der Waals surface area contributed by atoms with E-state index in [1.165, 1.54) is 19.3 Å². The van der Waals surface area contributed by atoms with Crippen LogP contribution in [0.1, 0.15) is 19.3 Å². The second-order valence-corrected chi connectivity index (χ2v) is 3.66. The van der Waals surface area contributed by atoms with Gasteiger partial charge in [-0.3, -0.25) is 9.69 Å². The minimum atomic E-state index is -0.683. The number of rotatable bonds is 2. The number of piperidine rings is 1. The third-order valence-electron chi connectivity index (χ3n) is 2.86. The molecule has 0 aromatic rings. The molecule has 0 aromatic carbocycles. The fraction of sp³-hybridized carbons (Fsp3) is 0.875. The lowest BCUT2D eigenvalue weighted by molar-refractivity contribution is -0.138. The Hall–Kier alpha value is -0.570. The van der Waals surface area contributed by atoms with Crippen LogP contribution >= 0.6 is 0 Å². The molecule has 1 aliphatic carbocycles. The summed E-state index contributed by atoms with van der Waals surface area (Å²) in [4.78, 5) is 12.5. The Labute approximate surface area is 66.0 Å². The maximum atomic E-state index is 10.4. The van der Waals surface area contributed by atoms with Crippen molar-refractivity contribution in [1.29, 1.82) is 0 Å². The van der Waals surface area contributed by atoms with Gasteiger partial charge in [0.05, 0.1) is 6.54 Å². The molecule has 2 rings (SSSR count). The van der Waals surface area contributed by atoms with Gasteiger partial charge in [-0.15, -0.1) is 0 Å². The molecule has 0 aromatic heterocycles. The minimum Gasteiger partial charge on any atom is -0.480 e. The Morgan fingerprint density at radius 1 is 1.55 bits per heavy atom. The van der Waals surface area contributed by atoms with E-state index in [1.807, 2.05) is 0 Å². The Morgan fingerprint density at radius 3 is 2.82 bits per heavy atom. The van der Waals surface area contributed by atoms with Gasteiger partial charge in [0, 0.05) is 12.6 Å². The van der Waals surface area contributed by atoms with Crippen LogP contribution in [0.3, 0.4) is 0 Å². The predicted molar refractivity (Wildman–Crippen MR) is 40.3 cm³/mol. The highest BCUT2D eigenvalue weighted by molar-refractivity contribution is 5.69. The van der Waals surface area contributed by atoms with Crippen LogP contribution in [0.4, 0.5) is 0 Å².